The van der Waals surface area contributed by atoms with Gasteiger partial charge in [-0.1, -0.05) is 0 Å². The van der Waals surface area contributed by atoms with Crippen molar-refractivity contribution in [3.8, 4) is 5.75 Å². The summed E-state index contributed by atoms with van der Waals surface area (Å²) in [7, 11) is 0. The van der Waals surface area contributed by atoms with Crippen molar-refractivity contribution in [2.24, 2.45) is 0 Å². The second kappa shape index (κ2) is 4.34. The number of thiazole rings is 1. The van der Waals surface area contributed by atoms with Crippen LogP contribution in [-0.4, -0.2) is 27.6 Å². The SMILES string of the molecule is O=C(O)COc1ccc2scnc2c1[N+](=O)[O-]. The molecule has 2 rings (SSSR count). The molecule has 0 aliphatic rings. The maximum atomic E-state index is 10.9. The number of aliphatic carboxylic acids is 1. The van der Waals surface area contributed by atoms with E-state index in [1.165, 1.54) is 22.9 Å². The Balaban J connectivity index is 2.50. The lowest BCUT2D eigenvalue weighted by Crippen LogP contribution is -2.10. The van der Waals surface area contributed by atoms with Crippen molar-refractivity contribution in [2.45, 2.75) is 0 Å². The van der Waals surface area contributed by atoms with Crippen LogP contribution in [0.25, 0.3) is 10.2 Å². The van der Waals surface area contributed by atoms with Gasteiger partial charge in [-0.2, -0.15) is 0 Å². The van der Waals surface area contributed by atoms with Gasteiger partial charge in [-0.05, 0) is 12.1 Å². The van der Waals surface area contributed by atoms with Gasteiger partial charge in [-0.15, -0.1) is 11.3 Å². The Morgan fingerprint density at radius 3 is 3.00 bits per heavy atom. The molecule has 1 aromatic carbocycles. The van der Waals surface area contributed by atoms with E-state index in [0.717, 1.165) is 0 Å². The van der Waals surface area contributed by atoms with Crippen molar-refractivity contribution in [2.75, 3.05) is 6.61 Å². The van der Waals surface area contributed by atoms with Gasteiger partial charge in [0.15, 0.2) is 17.9 Å². The van der Waals surface area contributed by atoms with Gasteiger partial charge in [0.25, 0.3) is 0 Å². The quantitative estimate of drug-likeness (QED) is 0.657. The van der Waals surface area contributed by atoms with Gasteiger partial charge in [0.2, 0.25) is 0 Å². The zero-order valence-corrected chi connectivity index (χ0v) is 9.14. The summed E-state index contributed by atoms with van der Waals surface area (Å²) in [5.74, 6) is -1.28. The molecule has 17 heavy (non-hydrogen) atoms. The summed E-state index contributed by atoms with van der Waals surface area (Å²) >= 11 is 1.26. The monoisotopic (exact) mass is 254 g/mol. The molecule has 0 aliphatic carbocycles. The Kier molecular flexibility index (Phi) is 2.88. The molecule has 0 fully saturated rings. The van der Waals surface area contributed by atoms with Crippen LogP contribution >= 0.6 is 11.3 Å². The Labute approximate surface area is 98.4 Å². The van der Waals surface area contributed by atoms with Crippen LogP contribution in [0, 0.1) is 10.1 Å². The minimum absolute atomic E-state index is 0.0872. The molecular weight excluding hydrogens is 248 g/mol. The Morgan fingerprint density at radius 1 is 1.59 bits per heavy atom. The summed E-state index contributed by atoms with van der Waals surface area (Å²) in [6.45, 7) is -0.628. The molecule has 0 saturated carbocycles. The fourth-order valence-corrected chi connectivity index (χ4v) is 2.01. The first kappa shape index (κ1) is 11.3. The lowest BCUT2D eigenvalue weighted by molar-refractivity contribution is -0.384. The van der Waals surface area contributed by atoms with E-state index in [2.05, 4.69) is 4.98 Å². The first-order chi connectivity index (χ1) is 8.09. The Bertz CT molecular complexity index is 594. The third kappa shape index (κ3) is 2.16. The highest BCUT2D eigenvalue weighted by Gasteiger charge is 2.22. The standard InChI is InChI=1S/C9H6N2O5S/c12-7(13)3-16-5-1-2-6-8(10-4-17-6)9(5)11(14)15/h1-2,4H,3H2,(H,12,13). The third-order valence-corrected chi connectivity index (χ3v) is 2.77. The van der Waals surface area contributed by atoms with E-state index in [1.54, 1.807) is 6.07 Å². The highest BCUT2D eigenvalue weighted by molar-refractivity contribution is 7.16. The molecule has 0 aliphatic heterocycles. The van der Waals surface area contributed by atoms with Gasteiger partial charge >= 0.3 is 11.7 Å². The average molecular weight is 254 g/mol. The number of carbonyl (C=O) groups is 1. The van der Waals surface area contributed by atoms with Crippen molar-refractivity contribution in [1.82, 2.24) is 4.98 Å². The zero-order chi connectivity index (χ0) is 12.4. The van der Waals surface area contributed by atoms with Crippen LogP contribution in [0.15, 0.2) is 17.6 Å². The van der Waals surface area contributed by atoms with E-state index in [9.17, 15) is 14.9 Å². The van der Waals surface area contributed by atoms with E-state index in [4.69, 9.17) is 9.84 Å². The summed E-state index contributed by atoms with van der Waals surface area (Å²) in [5.41, 5.74) is 1.39. The predicted octanol–water partition coefficient (Wildman–Crippen LogP) is 1.67. The largest absolute Gasteiger partial charge is 0.479 e. The number of carboxylic acid groups (broad SMARTS) is 1. The molecule has 0 bridgehead atoms. The average Bonchev–Trinajstić information content (AvgIpc) is 2.72. The summed E-state index contributed by atoms with van der Waals surface area (Å²) in [5, 5.41) is 19.4. The molecule has 0 atom stereocenters. The molecule has 88 valence electrons. The second-order valence-electron chi connectivity index (χ2n) is 3.05. The molecule has 1 N–H and O–H groups in total. The molecule has 8 heteroatoms. The second-order valence-corrected chi connectivity index (χ2v) is 3.94. The number of nitrogens with zero attached hydrogens (tertiary/aromatic N) is 2. The van der Waals surface area contributed by atoms with Crippen molar-refractivity contribution in [1.29, 1.82) is 0 Å². The van der Waals surface area contributed by atoms with Crippen LogP contribution in [-0.2, 0) is 4.79 Å². The fourth-order valence-electron chi connectivity index (χ4n) is 1.33. The van der Waals surface area contributed by atoms with Crippen molar-refractivity contribution >= 4 is 33.2 Å². The Hall–Kier alpha value is -2.22. The van der Waals surface area contributed by atoms with Crippen LogP contribution in [0.5, 0.6) is 5.75 Å². The van der Waals surface area contributed by atoms with Gasteiger partial charge < -0.3 is 9.84 Å². The molecule has 0 radical (unpaired) electrons. The number of nitro groups is 1. The number of fused-ring (bicyclic) bond motifs is 1. The predicted molar refractivity (Wildman–Crippen MR) is 59.4 cm³/mol. The van der Waals surface area contributed by atoms with Crippen LogP contribution in [0.4, 0.5) is 5.69 Å². The number of benzene rings is 1. The third-order valence-electron chi connectivity index (χ3n) is 1.97. The Morgan fingerprint density at radius 2 is 2.35 bits per heavy atom. The van der Waals surface area contributed by atoms with Crippen LogP contribution in [0.3, 0.4) is 0 Å². The molecule has 1 heterocycles. The van der Waals surface area contributed by atoms with E-state index in [1.807, 2.05) is 0 Å². The fraction of sp³-hybridized carbons (Fsp3) is 0.111. The number of nitro benzene ring substituents is 1. The van der Waals surface area contributed by atoms with E-state index >= 15 is 0 Å². The van der Waals surface area contributed by atoms with Gasteiger partial charge in [0.1, 0.15) is 0 Å². The van der Waals surface area contributed by atoms with Crippen LogP contribution in [0.2, 0.25) is 0 Å². The highest BCUT2D eigenvalue weighted by Crippen LogP contribution is 2.35. The first-order valence-electron chi connectivity index (χ1n) is 4.45. The minimum atomic E-state index is -1.20. The van der Waals surface area contributed by atoms with Crippen molar-refractivity contribution < 1.29 is 19.6 Å². The van der Waals surface area contributed by atoms with E-state index in [0.29, 0.717) is 4.70 Å². The van der Waals surface area contributed by atoms with Gasteiger partial charge in [0, 0.05) is 0 Å². The molecule has 0 spiro atoms. The van der Waals surface area contributed by atoms with Crippen molar-refractivity contribution in [3.63, 3.8) is 0 Å². The number of carboxylic acids is 1. The molecule has 0 unspecified atom stereocenters. The molecule has 0 saturated heterocycles. The van der Waals surface area contributed by atoms with Crippen molar-refractivity contribution in [3.05, 3.63) is 27.8 Å². The number of aromatic nitrogens is 1. The zero-order valence-electron chi connectivity index (χ0n) is 8.32. The van der Waals surface area contributed by atoms with E-state index in [-0.39, 0.29) is 17.0 Å². The lowest BCUT2D eigenvalue weighted by Gasteiger charge is -2.03. The lowest BCUT2D eigenvalue weighted by atomic mass is 10.2. The summed E-state index contributed by atoms with van der Waals surface area (Å²) in [6, 6.07) is 2.98. The first-order valence-corrected chi connectivity index (χ1v) is 5.32. The molecule has 0 amide bonds. The number of rotatable bonds is 4. The maximum absolute atomic E-state index is 10.9. The smallest absolute Gasteiger partial charge is 0.341 e. The molecule has 1 aromatic heterocycles. The number of ether oxygens (including phenoxy) is 1. The summed E-state index contributed by atoms with van der Waals surface area (Å²) in [6.07, 6.45) is 0. The van der Waals surface area contributed by atoms with Crippen LogP contribution < -0.4 is 4.74 Å². The molecule has 2 aromatic rings. The minimum Gasteiger partial charge on any atom is -0.479 e. The number of hydrogen-bond donors (Lipinski definition) is 1. The summed E-state index contributed by atoms with van der Waals surface area (Å²) < 4.78 is 5.51. The maximum Gasteiger partial charge on any atom is 0.341 e. The van der Waals surface area contributed by atoms with E-state index < -0.39 is 17.5 Å². The topological polar surface area (TPSA) is 103 Å². The molecule has 7 nitrogen and oxygen atoms in total. The number of hydrogen-bond acceptors (Lipinski definition) is 6. The molecular formula is C9H6N2O5S. The van der Waals surface area contributed by atoms with Gasteiger partial charge in [-0.25, -0.2) is 9.78 Å². The summed E-state index contributed by atoms with van der Waals surface area (Å²) in [4.78, 5) is 24.5. The van der Waals surface area contributed by atoms with Gasteiger partial charge in [-0.3, -0.25) is 10.1 Å². The van der Waals surface area contributed by atoms with Crippen LogP contribution in [0.1, 0.15) is 0 Å². The normalized spacial score (nSPS) is 10.4. The van der Waals surface area contributed by atoms with Gasteiger partial charge in [0.05, 0.1) is 15.1 Å². The highest BCUT2D eigenvalue weighted by atomic mass is 32.1.